The lowest BCUT2D eigenvalue weighted by Crippen LogP contribution is -2.20. The van der Waals surface area contributed by atoms with Crippen LogP contribution in [0.2, 0.25) is 0 Å². The van der Waals surface area contributed by atoms with E-state index in [1.54, 1.807) is 0 Å². The van der Waals surface area contributed by atoms with E-state index in [0.717, 1.165) is 0 Å². The van der Waals surface area contributed by atoms with Gasteiger partial charge in [-0.1, -0.05) is 30.5 Å². The first-order chi connectivity index (χ1) is 8.66. The maximum absolute atomic E-state index is 3.46. The quantitative estimate of drug-likeness (QED) is 0.835. The van der Waals surface area contributed by atoms with E-state index in [2.05, 4.69) is 49.7 Å². The third-order valence-corrected chi connectivity index (χ3v) is 3.68. The Hall–Kier alpha value is -1.44. The summed E-state index contributed by atoms with van der Waals surface area (Å²) in [5.41, 5.74) is 5.16. The van der Waals surface area contributed by atoms with Gasteiger partial charge in [0.15, 0.2) is 0 Å². The van der Waals surface area contributed by atoms with Crippen molar-refractivity contribution in [1.29, 1.82) is 0 Å². The molecule has 1 aromatic rings. The van der Waals surface area contributed by atoms with Crippen LogP contribution in [0, 0.1) is 20.8 Å². The van der Waals surface area contributed by atoms with Gasteiger partial charge in [-0.15, -0.1) is 0 Å². The lowest BCUT2D eigenvalue weighted by Gasteiger charge is -2.12. The topological polar surface area (TPSA) is 24.1 Å². The van der Waals surface area contributed by atoms with Crippen LogP contribution in [0.4, 0.5) is 5.69 Å². The van der Waals surface area contributed by atoms with E-state index in [-0.39, 0.29) is 0 Å². The second kappa shape index (κ2) is 5.94. The number of rotatable bonds is 4. The standard InChI is InChI=1S/C16H24N2/c1-12-10-13(2)16(14(3)11-12)18-9-8-17-15-6-4-5-7-15/h8-11,15,17-18H,4-7H2,1-3H3/b9-8-. The van der Waals surface area contributed by atoms with Crippen molar-refractivity contribution in [2.75, 3.05) is 5.32 Å². The van der Waals surface area contributed by atoms with Crippen LogP contribution in [0.1, 0.15) is 42.4 Å². The molecule has 2 nitrogen and oxygen atoms in total. The maximum atomic E-state index is 3.46. The Bertz CT molecular complexity index is 406. The zero-order valence-electron chi connectivity index (χ0n) is 11.7. The SMILES string of the molecule is Cc1cc(C)c(N/C=C\NC2CCCC2)c(C)c1. The number of benzene rings is 1. The fourth-order valence-electron chi connectivity index (χ4n) is 2.81. The fourth-order valence-corrected chi connectivity index (χ4v) is 2.81. The molecule has 1 saturated carbocycles. The molecule has 1 aliphatic carbocycles. The number of hydrogen-bond donors (Lipinski definition) is 2. The lowest BCUT2D eigenvalue weighted by molar-refractivity contribution is 0.607. The van der Waals surface area contributed by atoms with Crippen molar-refractivity contribution >= 4 is 5.69 Å². The number of anilines is 1. The number of aryl methyl sites for hydroxylation is 3. The van der Waals surface area contributed by atoms with Gasteiger partial charge < -0.3 is 10.6 Å². The summed E-state index contributed by atoms with van der Waals surface area (Å²) < 4.78 is 0. The van der Waals surface area contributed by atoms with E-state index in [1.165, 1.54) is 48.1 Å². The number of hydrogen-bond acceptors (Lipinski definition) is 2. The second-order valence-corrected chi connectivity index (χ2v) is 5.40. The molecule has 2 rings (SSSR count). The molecular weight excluding hydrogens is 220 g/mol. The van der Waals surface area contributed by atoms with Crippen LogP contribution in [-0.4, -0.2) is 6.04 Å². The zero-order valence-corrected chi connectivity index (χ0v) is 11.7. The van der Waals surface area contributed by atoms with E-state index in [4.69, 9.17) is 0 Å². The average molecular weight is 244 g/mol. The van der Waals surface area contributed by atoms with Gasteiger partial charge in [0.2, 0.25) is 0 Å². The summed E-state index contributed by atoms with van der Waals surface area (Å²) in [6.45, 7) is 6.45. The molecule has 0 unspecified atom stereocenters. The maximum Gasteiger partial charge on any atom is 0.0439 e. The Morgan fingerprint density at radius 1 is 1.00 bits per heavy atom. The summed E-state index contributed by atoms with van der Waals surface area (Å²) in [5.74, 6) is 0. The highest BCUT2D eigenvalue weighted by Crippen LogP contribution is 2.22. The van der Waals surface area contributed by atoms with Crippen LogP contribution in [0.15, 0.2) is 24.5 Å². The summed E-state index contributed by atoms with van der Waals surface area (Å²) in [6, 6.07) is 5.12. The van der Waals surface area contributed by atoms with Gasteiger partial charge in [-0.2, -0.15) is 0 Å². The van der Waals surface area contributed by atoms with Crippen molar-refractivity contribution in [3.05, 3.63) is 41.2 Å². The first-order valence-corrected chi connectivity index (χ1v) is 6.92. The highest BCUT2D eigenvalue weighted by molar-refractivity contribution is 5.59. The summed E-state index contributed by atoms with van der Waals surface area (Å²) in [7, 11) is 0. The Kier molecular flexibility index (Phi) is 4.29. The van der Waals surface area contributed by atoms with Crippen LogP contribution in [-0.2, 0) is 0 Å². The van der Waals surface area contributed by atoms with Crippen molar-refractivity contribution in [1.82, 2.24) is 5.32 Å². The largest absolute Gasteiger partial charge is 0.387 e. The molecule has 0 spiro atoms. The van der Waals surface area contributed by atoms with Crippen molar-refractivity contribution in [2.45, 2.75) is 52.5 Å². The first kappa shape index (κ1) is 13.0. The van der Waals surface area contributed by atoms with Gasteiger partial charge in [0.1, 0.15) is 0 Å². The van der Waals surface area contributed by atoms with Gasteiger partial charge in [-0.3, -0.25) is 0 Å². The minimum Gasteiger partial charge on any atom is -0.387 e. The minimum atomic E-state index is 0.684. The van der Waals surface area contributed by atoms with Gasteiger partial charge in [0, 0.05) is 24.1 Å². The van der Waals surface area contributed by atoms with Crippen molar-refractivity contribution < 1.29 is 0 Å². The molecule has 0 atom stereocenters. The molecule has 0 bridgehead atoms. The van der Waals surface area contributed by atoms with Crippen LogP contribution < -0.4 is 10.6 Å². The summed E-state index contributed by atoms with van der Waals surface area (Å²) in [6.07, 6.45) is 9.43. The van der Waals surface area contributed by atoms with Gasteiger partial charge >= 0.3 is 0 Å². The van der Waals surface area contributed by atoms with Crippen LogP contribution in [0.25, 0.3) is 0 Å². The Morgan fingerprint density at radius 3 is 2.22 bits per heavy atom. The van der Waals surface area contributed by atoms with E-state index >= 15 is 0 Å². The molecule has 0 heterocycles. The predicted molar refractivity (Wildman–Crippen MR) is 78.8 cm³/mol. The van der Waals surface area contributed by atoms with Crippen LogP contribution >= 0.6 is 0 Å². The number of nitrogens with one attached hydrogen (secondary N) is 2. The van der Waals surface area contributed by atoms with E-state index in [1.807, 2.05) is 6.20 Å². The molecule has 0 saturated heterocycles. The van der Waals surface area contributed by atoms with Gasteiger partial charge in [0.05, 0.1) is 0 Å². The van der Waals surface area contributed by atoms with Gasteiger partial charge in [0.25, 0.3) is 0 Å². The Morgan fingerprint density at radius 2 is 1.61 bits per heavy atom. The van der Waals surface area contributed by atoms with Crippen LogP contribution in [0.3, 0.4) is 0 Å². The summed E-state index contributed by atoms with van der Waals surface area (Å²) >= 11 is 0. The smallest absolute Gasteiger partial charge is 0.0439 e. The van der Waals surface area contributed by atoms with Crippen molar-refractivity contribution in [3.8, 4) is 0 Å². The third kappa shape index (κ3) is 3.28. The molecule has 0 aliphatic heterocycles. The first-order valence-electron chi connectivity index (χ1n) is 6.92. The molecule has 0 radical (unpaired) electrons. The molecule has 0 amide bonds. The minimum absolute atomic E-state index is 0.684. The molecule has 2 heteroatoms. The average Bonchev–Trinajstić information content (AvgIpc) is 2.79. The van der Waals surface area contributed by atoms with Gasteiger partial charge in [-0.05, 0) is 44.7 Å². The predicted octanol–water partition coefficient (Wildman–Crippen LogP) is 4.03. The Labute approximate surface area is 110 Å². The zero-order chi connectivity index (χ0) is 13.0. The fraction of sp³-hybridized carbons (Fsp3) is 0.500. The molecule has 1 aromatic carbocycles. The normalized spacial score (nSPS) is 16.4. The third-order valence-electron chi connectivity index (χ3n) is 3.68. The molecule has 18 heavy (non-hydrogen) atoms. The van der Waals surface area contributed by atoms with E-state index < -0.39 is 0 Å². The molecule has 2 N–H and O–H groups in total. The van der Waals surface area contributed by atoms with E-state index in [9.17, 15) is 0 Å². The second-order valence-electron chi connectivity index (χ2n) is 5.40. The van der Waals surface area contributed by atoms with Crippen molar-refractivity contribution in [3.63, 3.8) is 0 Å². The molecule has 0 aromatic heterocycles. The van der Waals surface area contributed by atoms with E-state index in [0.29, 0.717) is 6.04 Å². The summed E-state index contributed by atoms with van der Waals surface area (Å²) in [4.78, 5) is 0. The lowest BCUT2D eigenvalue weighted by atomic mass is 10.1. The highest BCUT2D eigenvalue weighted by atomic mass is 14.9. The van der Waals surface area contributed by atoms with Crippen LogP contribution in [0.5, 0.6) is 0 Å². The van der Waals surface area contributed by atoms with Gasteiger partial charge in [-0.25, -0.2) is 0 Å². The summed E-state index contributed by atoms with van der Waals surface area (Å²) in [5, 5.41) is 6.85. The monoisotopic (exact) mass is 244 g/mol. The molecule has 1 aliphatic rings. The highest BCUT2D eigenvalue weighted by Gasteiger charge is 2.11. The van der Waals surface area contributed by atoms with Crippen molar-refractivity contribution in [2.24, 2.45) is 0 Å². The molecular formula is C16H24N2. The molecule has 1 fully saturated rings. The Balaban J connectivity index is 1.91. The molecule has 98 valence electrons.